The second-order valence-corrected chi connectivity index (χ2v) is 8.54. The molecule has 19 heteroatoms. The monoisotopic (exact) mass is 563 g/mol. The zero-order valence-electron chi connectivity index (χ0n) is 16.9. The van der Waals surface area contributed by atoms with Crippen molar-refractivity contribution in [1.82, 2.24) is 4.90 Å². The highest BCUT2D eigenvalue weighted by molar-refractivity contribution is 7.88. The van der Waals surface area contributed by atoms with Gasteiger partial charge >= 0.3 is 45.2 Å². The van der Waals surface area contributed by atoms with Crippen LogP contribution in [0.2, 0.25) is 0 Å². The molecule has 0 aromatic heterocycles. The quantitative estimate of drug-likeness (QED) is 0.317. The topological polar surface area (TPSA) is 66.8 Å². The lowest BCUT2D eigenvalue weighted by molar-refractivity contribution is -0.433. The van der Waals surface area contributed by atoms with Crippen molar-refractivity contribution < 1.29 is 74.8 Å². The number of rotatable bonds is 11. The van der Waals surface area contributed by atoms with E-state index in [0.717, 1.165) is 12.1 Å². The van der Waals surface area contributed by atoms with Crippen LogP contribution in [0.1, 0.15) is 5.56 Å². The van der Waals surface area contributed by atoms with Crippen molar-refractivity contribution in [3.8, 4) is 5.75 Å². The maximum absolute atomic E-state index is 13.9. The zero-order chi connectivity index (χ0) is 27.9. The summed E-state index contributed by atoms with van der Waals surface area (Å²) in [7, 11) is -5.91. The van der Waals surface area contributed by atoms with Gasteiger partial charge in [0.25, 0.3) is 0 Å². The van der Waals surface area contributed by atoms with Crippen molar-refractivity contribution in [1.29, 1.82) is 0 Å². The predicted molar refractivity (Wildman–Crippen MR) is 90.2 cm³/mol. The van der Waals surface area contributed by atoms with Crippen molar-refractivity contribution in [2.24, 2.45) is 0 Å². The fraction of sp³-hybridized carbons (Fsp3) is 0.625. The van der Waals surface area contributed by atoms with Crippen LogP contribution in [0.3, 0.4) is 0 Å². The number of aliphatic hydroxyl groups excluding tert-OH is 1. The Kier molecular flexibility index (Phi) is 8.38. The molecule has 0 radical (unpaired) electrons. The fourth-order valence-corrected chi connectivity index (χ4v) is 3.21. The van der Waals surface area contributed by atoms with E-state index in [9.17, 15) is 65.5 Å². The number of likely N-dealkylation sites (N-methyl/N-ethyl adjacent to an activating group) is 1. The highest BCUT2D eigenvalue weighted by Gasteiger charge is 2.93. The number of hydrogen-bond acceptors (Lipinski definition) is 5. The van der Waals surface area contributed by atoms with Crippen molar-refractivity contribution in [2.45, 2.75) is 41.7 Å². The van der Waals surface area contributed by atoms with Gasteiger partial charge in [-0.3, -0.25) is 4.90 Å². The van der Waals surface area contributed by atoms with E-state index in [1.54, 1.807) is 0 Å². The molecule has 0 aliphatic heterocycles. The summed E-state index contributed by atoms with van der Waals surface area (Å²) in [6.45, 7) is -0.0888. The molecule has 0 atom stereocenters. The highest BCUT2D eigenvalue weighted by atomic mass is 32.2. The third-order valence-electron chi connectivity index (χ3n) is 4.28. The Morgan fingerprint density at radius 3 is 1.60 bits per heavy atom. The van der Waals surface area contributed by atoms with Gasteiger partial charge in [-0.05, 0) is 24.7 Å². The second kappa shape index (κ2) is 9.45. The minimum absolute atomic E-state index is 0.0521. The van der Waals surface area contributed by atoms with Crippen LogP contribution in [0, 0.1) is 0 Å². The average molecular weight is 563 g/mol. The largest absolute Gasteiger partial charge is 0.460 e. The van der Waals surface area contributed by atoms with Gasteiger partial charge in [0.05, 0.1) is 6.61 Å². The Labute approximate surface area is 188 Å². The lowest BCUT2D eigenvalue weighted by atomic mass is 9.98. The van der Waals surface area contributed by atoms with Gasteiger partial charge in [-0.25, -0.2) is 0 Å². The molecule has 0 saturated heterocycles. The number of alkyl halides is 13. The Morgan fingerprint density at radius 2 is 1.20 bits per heavy atom. The van der Waals surface area contributed by atoms with Gasteiger partial charge in [0.2, 0.25) is 0 Å². The number of nitrogens with zero attached hydrogens (tertiary/aromatic N) is 1. The van der Waals surface area contributed by atoms with Gasteiger partial charge in [-0.2, -0.15) is 65.5 Å². The molecule has 0 aliphatic carbocycles. The summed E-state index contributed by atoms with van der Waals surface area (Å²) in [5.41, 5.74) is 0.281. The zero-order valence-corrected chi connectivity index (χ0v) is 17.7. The van der Waals surface area contributed by atoms with Crippen LogP contribution in [-0.4, -0.2) is 73.7 Å². The first-order chi connectivity index (χ1) is 15.4. The standard InChI is InChI=1S/C16H14F13NO4S/c1-30(6-7-31)8-9-2-4-10(5-3-9)34-35(32,33)16(28,29)14(23,24)12(19,20)11(17,18)13(21,22)15(25,26)27/h2-5,31H,6-8H2,1H3. The fourth-order valence-electron chi connectivity index (χ4n) is 2.30. The van der Waals surface area contributed by atoms with Gasteiger partial charge in [-0.15, -0.1) is 0 Å². The van der Waals surface area contributed by atoms with E-state index in [0.29, 0.717) is 12.1 Å². The molecule has 0 fully saturated rings. The SMILES string of the molecule is CN(CCO)Cc1ccc(OS(=O)(=O)C(F)(F)C(F)(F)C(F)(F)C(F)(F)C(F)(F)C(F)(F)F)cc1. The molecule has 35 heavy (non-hydrogen) atoms. The van der Waals surface area contributed by atoms with Crippen LogP contribution in [0.5, 0.6) is 5.75 Å². The van der Waals surface area contributed by atoms with E-state index in [1.165, 1.54) is 11.9 Å². The summed E-state index contributed by atoms with van der Waals surface area (Å²) in [4.78, 5) is 1.49. The molecule has 0 bridgehead atoms. The molecule has 0 spiro atoms. The molecule has 1 N–H and O–H groups in total. The third-order valence-corrected chi connectivity index (χ3v) is 5.58. The van der Waals surface area contributed by atoms with E-state index < -0.39 is 51.0 Å². The lowest BCUT2D eigenvalue weighted by Gasteiger charge is -2.38. The van der Waals surface area contributed by atoms with Crippen molar-refractivity contribution >= 4 is 10.1 Å². The third kappa shape index (κ3) is 5.25. The van der Waals surface area contributed by atoms with E-state index in [1.807, 2.05) is 0 Å². The molecule has 1 aromatic rings. The maximum atomic E-state index is 13.9. The van der Waals surface area contributed by atoms with E-state index in [2.05, 4.69) is 4.18 Å². The van der Waals surface area contributed by atoms with Gasteiger partial charge in [0.1, 0.15) is 5.75 Å². The minimum atomic E-state index is -8.26. The van der Waals surface area contributed by atoms with Crippen molar-refractivity contribution in [3.05, 3.63) is 29.8 Å². The van der Waals surface area contributed by atoms with Crippen molar-refractivity contribution in [2.75, 3.05) is 20.2 Å². The highest BCUT2D eigenvalue weighted by Crippen LogP contribution is 2.61. The van der Waals surface area contributed by atoms with E-state index >= 15 is 0 Å². The van der Waals surface area contributed by atoms with Crippen LogP contribution in [0.15, 0.2) is 24.3 Å². The second-order valence-electron chi connectivity index (χ2n) is 6.95. The Bertz CT molecular complexity index is 978. The molecular weight excluding hydrogens is 549 g/mol. The summed E-state index contributed by atoms with van der Waals surface area (Å²) in [6, 6.07) is 2.94. The number of hydrogen-bond donors (Lipinski definition) is 1. The lowest BCUT2D eigenvalue weighted by Crippen LogP contribution is -2.71. The average Bonchev–Trinajstić information content (AvgIpc) is 2.67. The summed E-state index contributed by atoms with van der Waals surface area (Å²) < 4.78 is 197. The summed E-state index contributed by atoms with van der Waals surface area (Å²) in [5, 5.41) is 1.33. The van der Waals surface area contributed by atoms with Gasteiger partial charge in [0.15, 0.2) is 0 Å². The Hall–Kier alpha value is -2.02. The van der Waals surface area contributed by atoms with Crippen LogP contribution in [0.4, 0.5) is 57.1 Å². The molecule has 0 saturated carbocycles. The normalized spacial score (nSPS) is 15.0. The van der Waals surface area contributed by atoms with Gasteiger partial charge < -0.3 is 9.29 Å². The van der Waals surface area contributed by atoms with Crippen molar-refractivity contribution in [3.63, 3.8) is 0 Å². The van der Waals surface area contributed by atoms with Gasteiger partial charge in [-0.1, -0.05) is 12.1 Å². The minimum Gasteiger partial charge on any atom is -0.395 e. The molecule has 0 amide bonds. The first-order valence-corrected chi connectivity index (χ1v) is 10.1. The number of halogens is 13. The first-order valence-electron chi connectivity index (χ1n) is 8.69. The molecule has 204 valence electrons. The molecule has 5 nitrogen and oxygen atoms in total. The van der Waals surface area contributed by atoms with Gasteiger partial charge in [0, 0.05) is 13.1 Å². The molecule has 0 heterocycles. The van der Waals surface area contributed by atoms with Crippen LogP contribution in [0.25, 0.3) is 0 Å². The predicted octanol–water partition coefficient (Wildman–Crippen LogP) is 4.52. The van der Waals surface area contributed by atoms with Crippen LogP contribution < -0.4 is 4.18 Å². The molecule has 0 aliphatic rings. The molecule has 1 aromatic carbocycles. The maximum Gasteiger partial charge on any atom is 0.460 e. The Balaban J connectivity index is 3.34. The first kappa shape index (κ1) is 31.0. The number of benzene rings is 1. The summed E-state index contributed by atoms with van der Waals surface area (Å²) in [6.07, 6.45) is -7.62. The van der Waals surface area contributed by atoms with E-state index in [4.69, 9.17) is 5.11 Å². The molecule has 1 rings (SSSR count). The smallest absolute Gasteiger partial charge is 0.395 e. The molecule has 0 unspecified atom stereocenters. The summed E-state index contributed by atoms with van der Waals surface area (Å²) in [5.74, 6) is -33.8. The van der Waals surface area contributed by atoms with E-state index in [-0.39, 0.29) is 25.3 Å². The van der Waals surface area contributed by atoms with Crippen LogP contribution in [-0.2, 0) is 16.7 Å². The Morgan fingerprint density at radius 1 is 0.771 bits per heavy atom. The molecular formula is C16H14F13NO4S. The van der Waals surface area contributed by atoms with Crippen LogP contribution >= 0.6 is 0 Å². The number of aliphatic hydroxyl groups is 1. The summed E-state index contributed by atoms with van der Waals surface area (Å²) >= 11 is 0.